The van der Waals surface area contributed by atoms with Gasteiger partial charge in [-0.25, -0.2) is 9.78 Å². The first-order chi connectivity index (χ1) is 11.7. The van der Waals surface area contributed by atoms with Crippen LogP contribution in [0.25, 0.3) is 10.6 Å². The van der Waals surface area contributed by atoms with Crippen LogP contribution in [0.3, 0.4) is 0 Å². The van der Waals surface area contributed by atoms with Crippen LogP contribution in [0.5, 0.6) is 5.75 Å². The number of amides is 1. The predicted molar refractivity (Wildman–Crippen MR) is 97.3 cm³/mol. The number of aromatic nitrogens is 1. The number of rotatable bonds is 6. The fourth-order valence-corrected chi connectivity index (χ4v) is 3.18. The highest BCUT2D eigenvalue weighted by Gasteiger charge is 2.36. The van der Waals surface area contributed by atoms with Crippen molar-refractivity contribution in [2.75, 3.05) is 13.7 Å². The molecule has 25 heavy (non-hydrogen) atoms. The van der Waals surface area contributed by atoms with Crippen molar-refractivity contribution in [1.82, 2.24) is 9.88 Å². The summed E-state index contributed by atoms with van der Waals surface area (Å²) >= 11 is 1.26. The Kier molecular flexibility index (Phi) is 5.47. The Labute approximate surface area is 151 Å². The maximum atomic E-state index is 12.7. The van der Waals surface area contributed by atoms with Gasteiger partial charge >= 0.3 is 5.97 Å². The average molecular weight is 362 g/mol. The second-order valence-electron chi connectivity index (χ2n) is 6.12. The van der Waals surface area contributed by atoms with E-state index in [0.29, 0.717) is 22.2 Å². The number of carboxylic acids is 1. The van der Waals surface area contributed by atoms with Crippen LogP contribution in [0, 0.1) is 6.92 Å². The number of nitrogens with zero attached hydrogens (tertiary/aromatic N) is 2. The third-order valence-corrected chi connectivity index (χ3v) is 5.26. The topological polar surface area (TPSA) is 79.7 Å². The summed E-state index contributed by atoms with van der Waals surface area (Å²) in [5.74, 6) is -0.629. The van der Waals surface area contributed by atoms with E-state index >= 15 is 0 Å². The zero-order valence-corrected chi connectivity index (χ0v) is 15.8. The van der Waals surface area contributed by atoms with E-state index < -0.39 is 11.5 Å². The molecular formula is C18H22N2O4S. The van der Waals surface area contributed by atoms with Crippen molar-refractivity contribution >= 4 is 23.2 Å². The molecule has 0 saturated heterocycles. The Morgan fingerprint density at radius 3 is 2.40 bits per heavy atom. The summed E-state index contributed by atoms with van der Waals surface area (Å²) in [6.45, 7) is 7.27. The standard InChI is InChI=1S/C18H22N2O4S/c1-6-24-13-9-7-12(8-10-13)15-19-11(2)14(25-15)16(21)20(5)18(3,4)17(22)23/h7-10H,6H2,1-5H3,(H,22,23). The van der Waals surface area contributed by atoms with Crippen molar-refractivity contribution in [3.8, 4) is 16.3 Å². The van der Waals surface area contributed by atoms with Gasteiger partial charge in [0.2, 0.25) is 0 Å². The first-order valence-corrected chi connectivity index (χ1v) is 8.72. The quantitative estimate of drug-likeness (QED) is 0.851. The molecule has 0 aliphatic rings. The molecule has 0 aliphatic heterocycles. The largest absolute Gasteiger partial charge is 0.494 e. The molecule has 1 heterocycles. The van der Waals surface area contributed by atoms with Gasteiger partial charge in [0.1, 0.15) is 21.2 Å². The van der Waals surface area contributed by atoms with Crippen LogP contribution in [0.2, 0.25) is 0 Å². The molecule has 1 aromatic carbocycles. The summed E-state index contributed by atoms with van der Waals surface area (Å²) in [7, 11) is 1.49. The summed E-state index contributed by atoms with van der Waals surface area (Å²) in [4.78, 5) is 30.2. The van der Waals surface area contributed by atoms with Crippen LogP contribution >= 0.6 is 11.3 Å². The number of likely N-dealkylation sites (N-methyl/N-ethyl adjacent to an activating group) is 1. The molecule has 1 N–H and O–H groups in total. The van der Waals surface area contributed by atoms with Crippen molar-refractivity contribution in [2.24, 2.45) is 0 Å². The Morgan fingerprint density at radius 2 is 1.88 bits per heavy atom. The van der Waals surface area contributed by atoms with Gasteiger partial charge in [-0.05, 0) is 52.0 Å². The second kappa shape index (κ2) is 7.23. The van der Waals surface area contributed by atoms with Crippen molar-refractivity contribution in [2.45, 2.75) is 33.2 Å². The Hall–Kier alpha value is -2.41. The molecule has 7 heteroatoms. The number of benzene rings is 1. The Balaban J connectivity index is 2.30. The van der Waals surface area contributed by atoms with Gasteiger partial charge in [0.05, 0.1) is 12.3 Å². The molecular weight excluding hydrogens is 340 g/mol. The molecule has 2 rings (SSSR count). The number of aliphatic carboxylic acids is 1. The third-order valence-electron chi connectivity index (χ3n) is 4.07. The summed E-state index contributed by atoms with van der Waals surface area (Å²) < 4.78 is 5.42. The van der Waals surface area contributed by atoms with Crippen LogP contribution in [0.15, 0.2) is 24.3 Å². The van der Waals surface area contributed by atoms with Crippen LogP contribution in [-0.4, -0.2) is 46.1 Å². The first-order valence-electron chi connectivity index (χ1n) is 7.90. The SMILES string of the molecule is CCOc1ccc(-c2nc(C)c(C(=O)N(C)C(C)(C)C(=O)O)s2)cc1. The lowest BCUT2D eigenvalue weighted by Gasteiger charge is -2.31. The van der Waals surface area contributed by atoms with Gasteiger partial charge < -0.3 is 14.7 Å². The number of aryl methyl sites for hydroxylation is 1. The summed E-state index contributed by atoms with van der Waals surface area (Å²) in [6.07, 6.45) is 0. The number of ether oxygens (including phenoxy) is 1. The van der Waals surface area contributed by atoms with Crippen LogP contribution in [-0.2, 0) is 4.79 Å². The number of carbonyl (C=O) groups excluding carboxylic acids is 1. The first kappa shape index (κ1) is 18.9. The van der Waals surface area contributed by atoms with Crippen molar-refractivity contribution < 1.29 is 19.4 Å². The highest BCUT2D eigenvalue weighted by atomic mass is 32.1. The molecule has 134 valence electrons. The molecule has 6 nitrogen and oxygen atoms in total. The van der Waals surface area contributed by atoms with Crippen LogP contribution in [0.4, 0.5) is 0 Å². The molecule has 1 aromatic heterocycles. The number of carboxylic acid groups (broad SMARTS) is 1. The number of thiazole rings is 1. The minimum atomic E-state index is -1.30. The van der Waals surface area contributed by atoms with E-state index in [2.05, 4.69) is 4.98 Å². The number of hydrogen-bond donors (Lipinski definition) is 1. The monoisotopic (exact) mass is 362 g/mol. The van der Waals surface area contributed by atoms with Crippen molar-refractivity contribution in [1.29, 1.82) is 0 Å². The van der Waals surface area contributed by atoms with Crippen LogP contribution in [0.1, 0.15) is 36.1 Å². The Bertz CT molecular complexity index is 781. The molecule has 2 aromatic rings. The zero-order valence-electron chi connectivity index (χ0n) is 15.0. The number of hydrogen-bond acceptors (Lipinski definition) is 5. The highest BCUT2D eigenvalue weighted by molar-refractivity contribution is 7.17. The summed E-state index contributed by atoms with van der Waals surface area (Å²) in [5.41, 5.74) is 0.176. The van der Waals surface area contributed by atoms with E-state index in [0.717, 1.165) is 11.3 Å². The van der Waals surface area contributed by atoms with Crippen molar-refractivity contribution in [3.05, 3.63) is 34.8 Å². The minimum Gasteiger partial charge on any atom is -0.494 e. The Morgan fingerprint density at radius 1 is 1.28 bits per heavy atom. The van der Waals surface area contributed by atoms with Gasteiger partial charge in [0.15, 0.2) is 0 Å². The van der Waals surface area contributed by atoms with E-state index in [1.165, 1.54) is 37.1 Å². The fraction of sp³-hybridized carbons (Fsp3) is 0.389. The maximum Gasteiger partial charge on any atom is 0.329 e. The molecule has 0 aliphatic carbocycles. The molecule has 0 unspecified atom stereocenters. The number of carbonyl (C=O) groups is 2. The molecule has 0 radical (unpaired) electrons. The molecule has 0 bridgehead atoms. The van der Waals surface area contributed by atoms with E-state index in [1.54, 1.807) is 6.92 Å². The summed E-state index contributed by atoms with van der Waals surface area (Å²) in [5, 5.41) is 10.0. The highest BCUT2D eigenvalue weighted by Crippen LogP contribution is 2.31. The minimum absolute atomic E-state index is 0.348. The van der Waals surface area contributed by atoms with E-state index in [4.69, 9.17) is 4.74 Å². The van der Waals surface area contributed by atoms with Crippen LogP contribution < -0.4 is 4.74 Å². The lowest BCUT2D eigenvalue weighted by molar-refractivity contribution is -0.147. The van der Waals surface area contributed by atoms with Gasteiger partial charge in [0.25, 0.3) is 5.91 Å². The maximum absolute atomic E-state index is 12.7. The predicted octanol–water partition coefficient (Wildman–Crippen LogP) is 3.45. The fourth-order valence-electron chi connectivity index (χ4n) is 2.13. The third kappa shape index (κ3) is 3.82. The molecule has 0 saturated carbocycles. The van der Waals surface area contributed by atoms with E-state index in [9.17, 15) is 14.7 Å². The van der Waals surface area contributed by atoms with Gasteiger partial charge in [-0.15, -0.1) is 11.3 Å². The zero-order chi connectivity index (χ0) is 18.8. The van der Waals surface area contributed by atoms with Gasteiger partial charge in [-0.2, -0.15) is 0 Å². The molecule has 0 atom stereocenters. The van der Waals surface area contributed by atoms with Gasteiger partial charge in [0, 0.05) is 12.6 Å². The summed E-state index contributed by atoms with van der Waals surface area (Å²) in [6, 6.07) is 7.50. The lowest BCUT2D eigenvalue weighted by atomic mass is 10.0. The molecule has 1 amide bonds. The van der Waals surface area contributed by atoms with Gasteiger partial charge in [-0.1, -0.05) is 0 Å². The normalized spacial score (nSPS) is 11.2. The lowest BCUT2D eigenvalue weighted by Crippen LogP contribution is -2.50. The smallest absolute Gasteiger partial charge is 0.329 e. The second-order valence-corrected chi connectivity index (χ2v) is 7.12. The van der Waals surface area contributed by atoms with Crippen molar-refractivity contribution in [3.63, 3.8) is 0 Å². The average Bonchev–Trinajstić information content (AvgIpc) is 2.96. The molecule has 0 fully saturated rings. The van der Waals surface area contributed by atoms with Gasteiger partial charge in [-0.3, -0.25) is 4.79 Å². The van der Waals surface area contributed by atoms with E-state index in [-0.39, 0.29) is 5.91 Å². The van der Waals surface area contributed by atoms with E-state index in [1.807, 2.05) is 31.2 Å². The molecule has 0 spiro atoms.